The maximum Gasteiger partial charge on any atom is 0.201 e. The normalized spacial score (nSPS) is 10.5. The average Bonchev–Trinajstić information content (AvgIpc) is 2.38. The molecule has 0 saturated heterocycles. The van der Waals surface area contributed by atoms with Crippen molar-refractivity contribution in [3.8, 4) is 11.5 Å². The van der Waals surface area contributed by atoms with Crippen molar-refractivity contribution in [3.63, 3.8) is 0 Å². The van der Waals surface area contributed by atoms with Crippen LogP contribution in [0.3, 0.4) is 0 Å². The largest absolute Gasteiger partial charge is 0.454 e. The van der Waals surface area contributed by atoms with Crippen molar-refractivity contribution < 1.29 is 13.5 Å². The first-order valence-electron chi connectivity index (χ1n) is 6.03. The summed E-state index contributed by atoms with van der Waals surface area (Å²) in [4.78, 5) is 0. The Morgan fingerprint density at radius 2 is 1.95 bits per heavy atom. The van der Waals surface area contributed by atoms with E-state index in [1.54, 1.807) is 12.1 Å². The molecule has 0 aliphatic heterocycles. The van der Waals surface area contributed by atoms with E-state index in [1.165, 1.54) is 12.1 Å². The average molecular weight is 263 g/mol. The second-order valence-corrected chi connectivity index (χ2v) is 4.28. The fraction of sp³-hybridized carbons (Fsp3) is 0.200. The quantitative estimate of drug-likeness (QED) is 0.915. The number of ether oxygens (including phenoxy) is 1. The SMILES string of the molecule is Cc1cc(Oc2cccc(F)c2F)ccc1CCN. The molecule has 0 heterocycles. The van der Waals surface area contributed by atoms with E-state index in [0.717, 1.165) is 23.6 Å². The van der Waals surface area contributed by atoms with E-state index < -0.39 is 11.6 Å². The first kappa shape index (κ1) is 13.5. The van der Waals surface area contributed by atoms with E-state index in [1.807, 2.05) is 13.0 Å². The standard InChI is InChI=1S/C15H15F2NO/c1-10-9-12(6-5-11(10)7-8-18)19-14-4-2-3-13(16)15(14)17/h2-6,9H,7-8,18H2,1H3. The maximum atomic E-state index is 13.5. The van der Waals surface area contributed by atoms with Crippen molar-refractivity contribution >= 4 is 0 Å². The lowest BCUT2D eigenvalue weighted by molar-refractivity contribution is 0.416. The van der Waals surface area contributed by atoms with Gasteiger partial charge in [-0.2, -0.15) is 4.39 Å². The zero-order valence-corrected chi connectivity index (χ0v) is 10.6. The van der Waals surface area contributed by atoms with Gasteiger partial charge in [0.1, 0.15) is 5.75 Å². The Morgan fingerprint density at radius 1 is 1.16 bits per heavy atom. The van der Waals surface area contributed by atoms with Crippen molar-refractivity contribution in [2.75, 3.05) is 6.54 Å². The van der Waals surface area contributed by atoms with Gasteiger partial charge in [0, 0.05) is 0 Å². The molecule has 0 atom stereocenters. The molecular weight excluding hydrogens is 248 g/mol. The van der Waals surface area contributed by atoms with E-state index in [4.69, 9.17) is 10.5 Å². The second-order valence-electron chi connectivity index (χ2n) is 4.28. The van der Waals surface area contributed by atoms with E-state index in [0.29, 0.717) is 12.3 Å². The van der Waals surface area contributed by atoms with Crippen LogP contribution in [0.5, 0.6) is 11.5 Å². The predicted octanol–water partition coefficient (Wildman–Crippen LogP) is 3.57. The Kier molecular flexibility index (Phi) is 4.12. The number of rotatable bonds is 4. The summed E-state index contributed by atoms with van der Waals surface area (Å²) in [5.74, 6) is -1.55. The summed E-state index contributed by atoms with van der Waals surface area (Å²) in [6.45, 7) is 2.50. The molecule has 19 heavy (non-hydrogen) atoms. The van der Waals surface area contributed by atoms with E-state index >= 15 is 0 Å². The summed E-state index contributed by atoms with van der Waals surface area (Å²) in [7, 11) is 0. The molecule has 2 aromatic rings. The predicted molar refractivity (Wildman–Crippen MR) is 70.4 cm³/mol. The van der Waals surface area contributed by atoms with Gasteiger partial charge >= 0.3 is 0 Å². The summed E-state index contributed by atoms with van der Waals surface area (Å²) < 4.78 is 31.9. The number of hydrogen-bond donors (Lipinski definition) is 1. The maximum absolute atomic E-state index is 13.5. The highest BCUT2D eigenvalue weighted by Gasteiger charge is 2.10. The smallest absolute Gasteiger partial charge is 0.201 e. The fourth-order valence-electron chi connectivity index (χ4n) is 1.86. The topological polar surface area (TPSA) is 35.2 Å². The molecule has 0 unspecified atom stereocenters. The van der Waals surface area contributed by atoms with Crippen LogP contribution in [0.15, 0.2) is 36.4 Å². The molecular formula is C15H15F2NO. The molecule has 0 bridgehead atoms. The Balaban J connectivity index is 2.24. The molecule has 2 N–H and O–H groups in total. The molecule has 4 heteroatoms. The van der Waals surface area contributed by atoms with Crippen molar-refractivity contribution in [1.82, 2.24) is 0 Å². The van der Waals surface area contributed by atoms with Gasteiger partial charge in [0.05, 0.1) is 0 Å². The molecule has 0 aromatic heterocycles. The van der Waals surface area contributed by atoms with Gasteiger partial charge in [-0.1, -0.05) is 12.1 Å². The fourth-order valence-corrected chi connectivity index (χ4v) is 1.86. The van der Waals surface area contributed by atoms with E-state index in [2.05, 4.69) is 0 Å². The molecule has 2 aromatic carbocycles. The van der Waals surface area contributed by atoms with Crippen LogP contribution in [-0.2, 0) is 6.42 Å². The molecule has 0 saturated carbocycles. The third kappa shape index (κ3) is 3.09. The van der Waals surface area contributed by atoms with Gasteiger partial charge in [-0.3, -0.25) is 0 Å². The molecule has 0 radical (unpaired) electrons. The highest BCUT2D eigenvalue weighted by molar-refractivity contribution is 5.38. The van der Waals surface area contributed by atoms with Crippen LogP contribution in [-0.4, -0.2) is 6.54 Å². The lowest BCUT2D eigenvalue weighted by atomic mass is 10.1. The van der Waals surface area contributed by atoms with Gasteiger partial charge < -0.3 is 10.5 Å². The highest BCUT2D eigenvalue weighted by Crippen LogP contribution is 2.27. The van der Waals surface area contributed by atoms with Gasteiger partial charge in [0.2, 0.25) is 5.82 Å². The van der Waals surface area contributed by atoms with Crippen LogP contribution < -0.4 is 10.5 Å². The molecule has 0 fully saturated rings. The first-order chi connectivity index (χ1) is 9.11. The summed E-state index contributed by atoms with van der Waals surface area (Å²) in [5.41, 5.74) is 7.64. The van der Waals surface area contributed by atoms with Crippen molar-refractivity contribution in [2.45, 2.75) is 13.3 Å². The van der Waals surface area contributed by atoms with Gasteiger partial charge in [-0.05, 0) is 55.3 Å². The minimum Gasteiger partial charge on any atom is -0.454 e. The summed E-state index contributed by atoms with van der Waals surface area (Å²) in [6.07, 6.45) is 0.778. The molecule has 0 aliphatic rings. The van der Waals surface area contributed by atoms with Crippen LogP contribution in [0.1, 0.15) is 11.1 Å². The summed E-state index contributed by atoms with van der Waals surface area (Å²) in [6, 6.07) is 9.25. The Labute approximate surface area is 110 Å². The van der Waals surface area contributed by atoms with E-state index in [-0.39, 0.29) is 5.75 Å². The monoisotopic (exact) mass is 263 g/mol. The van der Waals surface area contributed by atoms with E-state index in [9.17, 15) is 8.78 Å². The van der Waals surface area contributed by atoms with Crippen molar-refractivity contribution in [2.24, 2.45) is 5.73 Å². The third-order valence-corrected chi connectivity index (χ3v) is 2.87. The third-order valence-electron chi connectivity index (χ3n) is 2.87. The second kappa shape index (κ2) is 5.80. The van der Waals surface area contributed by atoms with Gasteiger partial charge in [0.15, 0.2) is 11.6 Å². The minimum atomic E-state index is -0.980. The van der Waals surface area contributed by atoms with Gasteiger partial charge in [-0.15, -0.1) is 0 Å². The molecule has 0 aliphatic carbocycles. The number of benzene rings is 2. The molecule has 2 rings (SSSR count). The van der Waals surface area contributed by atoms with Crippen LogP contribution in [0.2, 0.25) is 0 Å². The summed E-state index contributed by atoms with van der Waals surface area (Å²) >= 11 is 0. The van der Waals surface area contributed by atoms with Crippen LogP contribution in [0, 0.1) is 18.6 Å². The zero-order valence-electron chi connectivity index (χ0n) is 10.6. The number of aryl methyl sites for hydroxylation is 1. The van der Waals surface area contributed by atoms with Gasteiger partial charge in [-0.25, -0.2) is 4.39 Å². The van der Waals surface area contributed by atoms with Crippen molar-refractivity contribution in [3.05, 3.63) is 59.2 Å². The Morgan fingerprint density at radius 3 is 2.63 bits per heavy atom. The summed E-state index contributed by atoms with van der Waals surface area (Å²) in [5, 5.41) is 0. The lowest BCUT2D eigenvalue weighted by Crippen LogP contribution is -2.04. The molecule has 0 amide bonds. The molecule has 2 nitrogen and oxygen atoms in total. The molecule has 0 spiro atoms. The Bertz CT molecular complexity index is 584. The number of halogens is 2. The lowest BCUT2D eigenvalue weighted by Gasteiger charge is -2.10. The Hall–Kier alpha value is -1.94. The van der Waals surface area contributed by atoms with Crippen molar-refractivity contribution in [1.29, 1.82) is 0 Å². The number of hydrogen-bond acceptors (Lipinski definition) is 2. The highest BCUT2D eigenvalue weighted by atomic mass is 19.2. The first-order valence-corrected chi connectivity index (χ1v) is 6.03. The van der Waals surface area contributed by atoms with Gasteiger partial charge in [0.25, 0.3) is 0 Å². The van der Waals surface area contributed by atoms with Crippen LogP contribution >= 0.6 is 0 Å². The number of nitrogens with two attached hydrogens (primary N) is 1. The molecule has 100 valence electrons. The van der Waals surface area contributed by atoms with Crippen LogP contribution in [0.4, 0.5) is 8.78 Å². The van der Waals surface area contributed by atoms with Crippen LogP contribution in [0.25, 0.3) is 0 Å². The minimum absolute atomic E-state index is 0.119. The zero-order chi connectivity index (χ0) is 13.8.